The second-order valence-electron chi connectivity index (χ2n) is 10.4. The number of rotatable bonds is 4. The number of unbranched alkanes of at least 4 members (excludes halogenated alkanes) is 1. The van der Waals surface area contributed by atoms with Crippen LogP contribution >= 0.6 is 12.4 Å². The standard InChI is InChI=1S/C23H37NO2.ClH/c1-22-10-8-15(5-3-4-12-24)13-19(22)20(25)14-16-17-6-7-21(26)23(17,2)11-9-18(16)22;/h15-19H,3-14,24H2,1-2H3;1H/t15-,16-,17-,18-,19?,22+,23-;/m0./s1. The number of nitrogens with two attached hydrogens (primary N) is 1. The summed E-state index contributed by atoms with van der Waals surface area (Å²) < 4.78 is 0. The molecule has 0 aliphatic heterocycles. The molecule has 2 N–H and O–H groups in total. The van der Waals surface area contributed by atoms with Crippen molar-refractivity contribution in [1.82, 2.24) is 0 Å². The molecule has 0 aromatic heterocycles. The first-order chi connectivity index (χ1) is 12.4. The van der Waals surface area contributed by atoms with Crippen LogP contribution in [0.5, 0.6) is 0 Å². The highest BCUT2D eigenvalue weighted by molar-refractivity contribution is 5.88. The van der Waals surface area contributed by atoms with E-state index in [9.17, 15) is 9.59 Å². The third-order valence-corrected chi connectivity index (χ3v) is 9.34. The molecule has 4 rings (SSSR count). The quantitative estimate of drug-likeness (QED) is 0.685. The van der Waals surface area contributed by atoms with E-state index in [1.54, 1.807) is 0 Å². The van der Waals surface area contributed by atoms with E-state index in [1.807, 2.05) is 0 Å². The molecule has 0 saturated heterocycles. The van der Waals surface area contributed by atoms with Gasteiger partial charge >= 0.3 is 0 Å². The van der Waals surface area contributed by atoms with Crippen molar-refractivity contribution in [2.45, 2.75) is 84.5 Å². The molecule has 4 aliphatic rings. The first kappa shape index (κ1) is 21.3. The molecule has 4 saturated carbocycles. The second-order valence-corrected chi connectivity index (χ2v) is 10.4. The number of carbonyl (C=O) groups excluding carboxylic acids is 2. The monoisotopic (exact) mass is 395 g/mol. The summed E-state index contributed by atoms with van der Waals surface area (Å²) in [5.41, 5.74) is 5.72. The van der Waals surface area contributed by atoms with Crippen molar-refractivity contribution in [3.05, 3.63) is 0 Å². The summed E-state index contributed by atoms with van der Waals surface area (Å²) in [6.07, 6.45) is 12.0. The summed E-state index contributed by atoms with van der Waals surface area (Å²) in [5, 5.41) is 0. The van der Waals surface area contributed by atoms with Crippen LogP contribution in [0, 0.1) is 40.4 Å². The van der Waals surface area contributed by atoms with Gasteiger partial charge in [0.1, 0.15) is 11.6 Å². The molecule has 0 amide bonds. The fourth-order valence-corrected chi connectivity index (χ4v) is 7.73. The van der Waals surface area contributed by atoms with E-state index in [4.69, 9.17) is 5.73 Å². The normalized spacial score (nSPS) is 46.3. The van der Waals surface area contributed by atoms with Crippen LogP contribution in [0.2, 0.25) is 0 Å². The number of Topliss-reactive ketones (excluding diaryl/α,β-unsaturated/α-hetero) is 2. The highest BCUT2D eigenvalue weighted by Gasteiger charge is 2.62. The lowest BCUT2D eigenvalue weighted by Gasteiger charge is -2.59. The summed E-state index contributed by atoms with van der Waals surface area (Å²) in [5.74, 6) is 3.62. The van der Waals surface area contributed by atoms with Gasteiger partial charge in [0.05, 0.1) is 0 Å². The highest BCUT2D eigenvalue weighted by atomic mass is 35.5. The van der Waals surface area contributed by atoms with E-state index in [2.05, 4.69) is 13.8 Å². The minimum absolute atomic E-state index is 0. The molecule has 3 nitrogen and oxygen atoms in total. The minimum Gasteiger partial charge on any atom is -0.330 e. The summed E-state index contributed by atoms with van der Waals surface area (Å²) in [7, 11) is 0. The van der Waals surface area contributed by atoms with Gasteiger partial charge in [-0.3, -0.25) is 9.59 Å². The summed E-state index contributed by atoms with van der Waals surface area (Å²) in [4.78, 5) is 25.8. The molecule has 0 heterocycles. The van der Waals surface area contributed by atoms with Gasteiger partial charge in [-0.25, -0.2) is 0 Å². The van der Waals surface area contributed by atoms with Crippen molar-refractivity contribution >= 4 is 24.0 Å². The summed E-state index contributed by atoms with van der Waals surface area (Å²) >= 11 is 0. The number of hydrogen-bond donors (Lipinski definition) is 1. The number of carbonyl (C=O) groups is 2. The molecule has 1 unspecified atom stereocenters. The third-order valence-electron chi connectivity index (χ3n) is 9.34. The van der Waals surface area contributed by atoms with Crippen LogP contribution in [0.25, 0.3) is 0 Å². The van der Waals surface area contributed by atoms with E-state index >= 15 is 0 Å². The topological polar surface area (TPSA) is 60.2 Å². The number of hydrogen-bond acceptors (Lipinski definition) is 3. The van der Waals surface area contributed by atoms with Gasteiger partial charge in [-0.05, 0) is 80.6 Å². The molecule has 27 heavy (non-hydrogen) atoms. The Morgan fingerprint density at radius 2 is 1.81 bits per heavy atom. The minimum atomic E-state index is -0.121. The van der Waals surface area contributed by atoms with Crippen molar-refractivity contribution in [2.24, 2.45) is 46.2 Å². The van der Waals surface area contributed by atoms with Crippen molar-refractivity contribution in [2.75, 3.05) is 6.54 Å². The van der Waals surface area contributed by atoms with Crippen LogP contribution in [0.15, 0.2) is 0 Å². The van der Waals surface area contributed by atoms with Crippen LogP contribution in [0.4, 0.5) is 0 Å². The molecule has 0 aromatic carbocycles. The summed E-state index contributed by atoms with van der Waals surface area (Å²) in [6.45, 7) is 5.42. The van der Waals surface area contributed by atoms with Crippen LogP contribution in [0.1, 0.15) is 84.5 Å². The zero-order valence-corrected chi connectivity index (χ0v) is 18.0. The first-order valence-corrected chi connectivity index (χ1v) is 11.2. The molecule has 7 atom stereocenters. The van der Waals surface area contributed by atoms with Crippen molar-refractivity contribution in [3.63, 3.8) is 0 Å². The zero-order chi connectivity index (χ0) is 18.5. The van der Waals surface area contributed by atoms with E-state index in [1.165, 1.54) is 32.1 Å². The molecule has 154 valence electrons. The molecule has 4 heteroatoms. The Bertz CT molecular complexity index is 593. The fraction of sp³-hybridized carbons (Fsp3) is 0.913. The Hall–Kier alpha value is -0.410. The van der Waals surface area contributed by atoms with Crippen LogP contribution in [-0.2, 0) is 9.59 Å². The lowest BCUT2D eigenvalue weighted by Crippen LogP contribution is -2.56. The fourth-order valence-electron chi connectivity index (χ4n) is 7.73. The van der Waals surface area contributed by atoms with Gasteiger partial charge in [0, 0.05) is 24.2 Å². The lowest BCUT2D eigenvalue weighted by molar-refractivity contribution is -0.158. The molecule has 0 spiro atoms. The highest BCUT2D eigenvalue weighted by Crippen LogP contribution is 2.65. The maximum atomic E-state index is 13.2. The number of fused-ring (bicyclic) bond motifs is 5. The second kappa shape index (κ2) is 7.78. The average Bonchev–Trinajstić information content (AvgIpc) is 2.92. The Morgan fingerprint density at radius 1 is 1.04 bits per heavy atom. The molecular formula is C23H38ClNO2. The van der Waals surface area contributed by atoms with Gasteiger partial charge in [0.2, 0.25) is 0 Å². The van der Waals surface area contributed by atoms with Crippen molar-refractivity contribution < 1.29 is 9.59 Å². The van der Waals surface area contributed by atoms with Gasteiger partial charge in [-0.2, -0.15) is 0 Å². The maximum Gasteiger partial charge on any atom is 0.139 e. The SMILES string of the molecule is C[C@]12CC[C@H](CCCCN)CC1C(=O)C[C@@H]1[C@@H]2CC[C@]2(C)C(=O)CC[C@@H]12.Cl. The van der Waals surface area contributed by atoms with Crippen LogP contribution < -0.4 is 5.73 Å². The summed E-state index contributed by atoms with van der Waals surface area (Å²) in [6, 6.07) is 0. The van der Waals surface area contributed by atoms with Gasteiger partial charge in [-0.15, -0.1) is 12.4 Å². The predicted octanol–water partition coefficient (Wildman–Crippen LogP) is 4.94. The van der Waals surface area contributed by atoms with Crippen LogP contribution in [0.3, 0.4) is 0 Å². The Kier molecular flexibility index (Phi) is 6.14. The molecule has 4 fully saturated rings. The predicted molar refractivity (Wildman–Crippen MR) is 111 cm³/mol. The Morgan fingerprint density at radius 3 is 2.56 bits per heavy atom. The molecule has 0 aromatic rings. The van der Waals surface area contributed by atoms with Gasteiger partial charge in [0.25, 0.3) is 0 Å². The maximum absolute atomic E-state index is 13.2. The van der Waals surface area contributed by atoms with Crippen LogP contribution in [-0.4, -0.2) is 18.1 Å². The average molecular weight is 396 g/mol. The third kappa shape index (κ3) is 3.31. The van der Waals surface area contributed by atoms with E-state index in [-0.39, 0.29) is 29.2 Å². The van der Waals surface area contributed by atoms with Gasteiger partial charge in [0.15, 0.2) is 0 Å². The molecule has 0 bridgehead atoms. The van der Waals surface area contributed by atoms with Gasteiger partial charge < -0.3 is 5.73 Å². The zero-order valence-electron chi connectivity index (χ0n) is 17.2. The Balaban J connectivity index is 0.00000210. The number of ketones is 2. The first-order valence-electron chi connectivity index (χ1n) is 11.2. The van der Waals surface area contributed by atoms with E-state index < -0.39 is 0 Å². The smallest absolute Gasteiger partial charge is 0.139 e. The van der Waals surface area contributed by atoms with Crippen molar-refractivity contribution in [1.29, 1.82) is 0 Å². The van der Waals surface area contributed by atoms with Crippen molar-refractivity contribution in [3.8, 4) is 0 Å². The lowest BCUT2D eigenvalue weighted by atomic mass is 9.44. The van der Waals surface area contributed by atoms with E-state index in [0.29, 0.717) is 29.3 Å². The molecule has 0 radical (unpaired) electrons. The largest absolute Gasteiger partial charge is 0.330 e. The van der Waals surface area contributed by atoms with E-state index in [0.717, 1.165) is 51.0 Å². The number of halogens is 1. The molecular weight excluding hydrogens is 358 g/mol. The molecule has 4 aliphatic carbocycles. The van der Waals surface area contributed by atoms with Gasteiger partial charge in [-0.1, -0.05) is 26.7 Å². The Labute approximate surface area is 171 Å².